The molecule has 0 N–H and O–H groups in total. The van der Waals surface area contributed by atoms with Crippen LogP contribution < -0.4 is 0 Å². The van der Waals surface area contributed by atoms with Gasteiger partial charge >= 0.3 is 0 Å². The molecule has 1 heterocycles. The Kier molecular flexibility index (Phi) is 4.30. The van der Waals surface area contributed by atoms with E-state index in [9.17, 15) is 0 Å². The summed E-state index contributed by atoms with van der Waals surface area (Å²) in [5.41, 5.74) is 1.55. The fourth-order valence-electron chi connectivity index (χ4n) is 2.34. The molecule has 0 saturated carbocycles. The molecule has 1 unspecified atom stereocenters. The minimum Gasteiger partial charge on any atom is -0.302 e. The van der Waals surface area contributed by atoms with Gasteiger partial charge in [0.2, 0.25) is 0 Å². The van der Waals surface area contributed by atoms with Gasteiger partial charge in [-0.15, -0.1) is 11.8 Å². The molecule has 0 saturated heterocycles. The molecule has 1 aliphatic heterocycles. The van der Waals surface area contributed by atoms with Gasteiger partial charge in [0.15, 0.2) is 0 Å². The second-order valence-corrected chi connectivity index (χ2v) is 5.79. The molecule has 0 bridgehead atoms. The van der Waals surface area contributed by atoms with Crippen LogP contribution in [0.4, 0.5) is 0 Å². The Balaban J connectivity index is 1.91. The first-order chi connectivity index (χ1) is 7.83. The standard InChI is InChI=1S/C14H21NS/c1-3-9-15(4-2)11-13-10-12-7-5-6-8-14(12)16-13/h5-8,13H,3-4,9-11H2,1-2H3. The number of rotatable bonds is 5. The van der Waals surface area contributed by atoms with E-state index < -0.39 is 0 Å². The summed E-state index contributed by atoms with van der Waals surface area (Å²) in [5, 5.41) is 0.767. The van der Waals surface area contributed by atoms with E-state index in [4.69, 9.17) is 0 Å². The lowest BCUT2D eigenvalue weighted by atomic mass is 10.1. The van der Waals surface area contributed by atoms with E-state index in [0.717, 1.165) is 5.25 Å². The van der Waals surface area contributed by atoms with Gasteiger partial charge in [-0.3, -0.25) is 0 Å². The van der Waals surface area contributed by atoms with Crippen molar-refractivity contribution in [1.82, 2.24) is 4.90 Å². The molecular formula is C14H21NS. The number of benzene rings is 1. The molecule has 0 aliphatic carbocycles. The maximum atomic E-state index is 2.57. The highest BCUT2D eigenvalue weighted by Gasteiger charge is 2.22. The molecule has 1 aliphatic rings. The Hall–Kier alpha value is -0.470. The molecule has 0 amide bonds. The van der Waals surface area contributed by atoms with Gasteiger partial charge in [0.25, 0.3) is 0 Å². The van der Waals surface area contributed by atoms with E-state index in [1.807, 2.05) is 0 Å². The van der Waals surface area contributed by atoms with E-state index in [2.05, 4.69) is 54.8 Å². The normalized spacial score (nSPS) is 19.1. The third-order valence-corrected chi connectivity index (χ3v) is 4.46. The summed E-state index contributed by atoms with van der Waals surface area (Å²) in [6.45, 7) is 8.19. The van der Waals surface area contributed by atoms with Crippen LogP contribution >= 0.6 is 11.8 Å². The van der Waals surface area contributed by atoms with E-state index in [-0.39, 0.29) is 0 Å². The van der Waals surface area contributed by atoms with E-state index in [1.165, 1.54) is 37.4 Å². The first kappa shape index (κ1) is 12.0. The van der Waals surface area contributed by atoms with Crippen LogP contribution in [0.2, 0.25) is 0 Å². The topological polar surface area (TPSA) is 3.24 Å². The number of nitrogens with zero attached hydrogens (tertiary/aromatic N) is 1. The molecule has 1 aromatic carbocycles. The van der Waals surface area contributed by atoms with Crippen LogP contribution in [0.1, 0.15) is 25.8 Å². The van der Waals surface area contributed by atoms with Gasteiger partial charge in [-0.1, -0.05) is 32.0 Å². The van der Waals surface area contributed by atoms with Gasteiger partial charge in [0, 0.05) is 16.7 Å². The van der Waals surface area contributed by atoms with Crippen molar-refractivity contribution in [2.24, 2.45) is 0 Å². The quantitative estimate of drug-likeness (QED) is 0.769. The van der Waals surface area contributed by atoms with Gasteiger partial charge < -0.3 is 4.90 Å². The van der Waals surface area contributed by atoms with E-state index in [1.54, 1.807) is 5.56 Å². The van der Waals surface area contributed by atoms with Gasteiger partial charge in [0.1, 0.15) is 0 Å². The van der Waals surface area contributed by atoms with Crippen molar-refractivity contribution in [3.8, 4) is 0 Å². The Morgan fingerprint density at radius 2 is 2.12 bits per heavy atom. The summed E-state index contributed by atoms with van der Waals surface area (Å²) in [4.78, 5) is 4.07. The largest absolute Gasteiger partial charge is 0.302 e. The summed E-state index contributed by atoms with van der Waals surface area (Å²) < 4.78 is 0. The Bertz CT molecular complexity index is 312. The first-order valence-electron chi connectivity index (χ1n) is 6.30. The molecular weight excluding hydrogens is 214 g/mol. The molecule has 0 fully saturated rings. The van der Waals surface area contributed by atoms with Crippen LogP contribution in [-0.4, -0.2) is 29.8 Å². The highest BCUT2D eigenvalue weighted by atomic mass is 32.2. The Labute approximate surface area is 103 Å². The van der Waals surface area contributed by atoms with Gasteiger partial charge in [0.05, 0.1) is 0 Å². The molecule has 0 spiro atoms. The number of fused-ring (bicyclic) bond motifs is 1. The average Bonchev–Trinajstić information content (AvgIpc) is 2.70. The second kappa shape index (κ2) is 5.74. The second-order valence-electron chi connectivity index (χ2n) is 4.44. The maximum Gasteiger partial charge on any atom is 0.0263 e. The van der Waals surface area contributed by atoms with Crippen molar-refractivity contribution in [2.45, 2.75) is 36.8 Å². The minimum atomic E-state index is 0.767. The van der Waals surface area contributed by atoms with Crippen LogP contribution in [0.3, 0.4) is 0 Å². The molecule has 1 nitrogen and oxygen atoms in total. The number of hydrogen-bond donors (Lipinski definition) is 0. The van der Waals surface area contributed by atoms with Crippen molar-refractivity contribution in [3.63, 3.8) is 0 Å². The van der Waals surface area contributed by atoms with Gasteiger partial charge in [-0.25, -0.2) is 0 Å². The molecule has 1 atom stereocenters. The molecule has 2 rings (SSSR count). The van der Waals surface area contributed by atoms with Crippen LogP contribution in [0.15, 0.2) is 29.2 Å². The summed E-state index contributed by atoms with van der Waals surface area (Å²) in [6, 6.07) is 8.85. The fourth-order valence-corrected chi connectivity index (χ4v) is 3.71. The van der Waals surface area contributed by atoms with Crippen LogP contribution in [0.25, 0.3) is 0 Å². The predicted molar refractivity (Wildman–Crippen MR) is 72.2 cm³/mol. The van der Waals surface area contributed by atoms with Crippen molar-refractivity contribution >= 4 is 11.8 Å². The van der Waals surface area contributed by atoms with Gasteiger partial charge in [-0.05, 0) is 37.6 Å². The van der Waals surface area contributed by atoms with E-state index in [0.29, 0.717) is 0 Å². The molecule has 16 heavy (non-hydrogen) atoms. The van der Waals surface area contributed by atoms with Crippen molar-refractivity contribution in [1.29, 1.82) is 0 Å². The third-order valence-electron chi connectivity index (χ3n) is 3.16. The monoisotopic (exact) mass is 235 g/mol. The fraction of sp³-hybridized carbons (Fsp3) is 0.571. The SMILES string of the molecule is CCCN(CC)CC1Cc2ccccc2S1. The summed E-state index contributed by atoms with van der Waals surface area (Å²) in [7, 11) is 0. The Morgan fingerprint density at radius 3 is 2.81 bits per heavy atom. The zero-order chi connectivity index (χ0) is 11.4. The summed E-state index contributed by atoms with van der Waals surface area (Å²) in [5.74, 6) is 0. The molecule has 2 heteroatoms. The van der Waals surface area contributed by atoms with Crippen molar-refractivity contribution in [3.05, 3.63) is 29.8 Å². The number of thioether (sulfide) groups is 1. The van der Waals surface area contributed by atoms with Crippen LogP contribution in [0.5, 0.6) is 0 Å². The smallest absolute Gasteiger partial charge is 0.0263 e. The zero-order valence-corrected chi connectivity index (χ0v) is 11.1. The van der Waals surface area contributed by atoms with Gasteiger partial charge in [-0.2, -0.15) is 0 Å². The lowest BCUT2D eigenvalue weighted by molar-refractivity contribution is 0.290. The van der Waals surface area contributed by atoms with E-state index >= 15 is 0 Å². The Morgan fingerprint density at radius 1 is 1.31 bits per heavy atom. The van der Waals surface area contributed by atoms with Crippen LogP contribution in [-0.2, 0) is 6.42 Å². The summed E-state index contributed by atoms with van der Waals surface area (Å²) >= 11 is 2.06. The first-order valence-corrected chi connectivity index (χ1v) is 7.18. The minimum absolute atomic E-state index is 0.767. The maximum absolute atomic E-state index is 2.57. The van der Waals surface area contributed by atoms with Crippen molar-refractivity contribution in [2.75, 3.05) is 19.6 Å². The molecule has 0 radical (unpaired) electrons. The average molecular weight is 235 g/mol. The lowest BCUT2D eigenvalue weighted by Gasteiger charge is -2.22. The lowest BCUT2D eigenvalue weighted by Crippen LogP contribution is -2.31. The van der Waals surface area contributed by atoms with Crippen molar-refractivity contribution < 1.29 is 0 Å². The highest BCUT2D eigenvalue weighted by molar-refractivity contribution is 8.00. The summed E-state index contributed by atoms with van der Waals surface area (Å²) in [6.07, 6.45) is 2.51. The number of hydrogen-bond acceptors (Lipinski definition) is 2. The molecule has 88 valence electrons. The third kappa shape index (κ3) is 2.80. The zero-order valence-electron chi connectivity index (χ0n) is 10.3. The molecule has 1 aromatic rings. The predicted octanol–water partition coefficient (Wildman–Crippen LogP) is 3.44. The van der Waals surface area contributed by atoms with Crippen LogP contribution in [0, 0.1) is 0 Å². The highest BCUT2D eigenvalue weighted by Crippen LogP contribution is 2.36. The molecule has 0 aromatic heterocycles.